The van der Waals surface area contributed by atoms with E-state index >= 15 is 0 Å². The van der Waals surface area contributed by atoms with Gasteiger partial charge in [0.2, 0.25) is 0 Å². The summed E-state index contributed by atoms with van der Waals surface area (Å²) in [7, 11) is 0. The molecule has 1 aromatic carbocycles. The second kappa shape index (κ2) is 4.96. The minimum atomic E-state index is 0.364. The first-order valence-corrected chi connectivity index (χ1v) is 5.71. The van der Waals surface area contributed by atoms with Gasteiger partial charge in [-0.15, -0.1) is 0 Å². The van der Waals surface area contributed by atoms with Crippen molar-refractivity contribution in [2.45, 2.75) is 32.2 Å². The summed E-state index contributed by atoms with van der Waals surface area (Å²) < 4.78 is 0. The van der Waals surface area contributed by atoms with Gasteiger partial charge in [0.25, 0.3) is 0 Å². The lowest BCUT2D eigenvalue weighted by Gasteiger charge is -2.19. The molecular formula is C13H18N2. The molecule has 1 aliphatic rings. The van der Waals surface area contributed by atoms with E-state index in [4.69, 9.17) is 0 Å². The highest BCUT2D eigenvalue weighted by atomic mass is 15.0. The van der Waals surface area contributed by atoms with Gasteiger partial charge in [0.15, 0.2) is 0 Å². The Labute approximate surface area is 91.4 Å². The van der Waals surface area contributed by atoms with Crippen LogP contribution in [0.15, 0.2) is 35.3 Å². The van der Waals surface area contributed by atoms with Crippen LogP contribution in [0, 0.1) is 0 Å². The number of benzene rings is 1. The summed E-state index contributed by atoms with van der Waals surface area (Å²) in [4.78, 5) is 4.50. The van der Waals surface area contributed by atoms with Gasteiger partial charge in [-0.05, 0) is 25.3 Å². The van der Waals surface area contributed by atoms with Crippen LogP contribution < -0.4 is 5.32 Å². The normalized spacial score (nSPS) is 18.1. The predicted octanol–water partition coefficient (Wildman–Crippen LogP) is 2.92. The van der Waals surface area contributed by atoms with Crippen LogP contribution in [0.3, 0.4) is 0 Å². The molecule has 80 valence electrons. The fourth-order valence-corrected chi connectivity index (χ4v) is 1.89. The van der Waals surface area contributed by atoms with Crippen LogP contribution in [-0.2, 0) is 0 Å². The van der Waals surface area contributed by atoms with Crippen molar-refractivity contribution < 1.29 is 0 Å². The summed E-state index contributed by atoms with van der Waals surface area (Å²) in [6.45, 7) is 3.18. The van der Waals surface area contributed by atoms with E-state index in [1.807, 2.05) is 6.07 Å². The fraction of sp³-hybridized carbons (Fsp3) is 0.462. The van der Waals surface area contributed by atoms with E-state index in [-0.39, 0.29) is 0 Å². The molecule has 1 aliphatic heterocycles. The van der Waals surface area contributed by atoms with Crippen LogP contribution in [-0.4, -0.2) is 12.4 Å². The minimum Gasteiger partial charge on any atom is -0.367 e. The molecule has 1 atom stereocenters. The highest BCUT2D eigenvalue weighted by Crippen LogP contribution is 2.13. The van der Waals surface area contributed by atoms with Gasteiger partial charge in [0.1, 0.15) is 0 Å². The Morgan fingerprint density at radius 2 is 2.00 bits per heavy atom. The zero-order valence-corrected chi connectivity index (χ0v) is 9.24. The molecule has 1 unspecified atom stereocenters. The zero-order chi connectivity index (χ0) is 10.5. The van der Waals surface area contributed by atoms with Crippen molar-refractivity contribution in [2.75, 3.05) is 6.54 Å². The van der Waals surface area contributed by atoms with Gasteiger partial charge in [0, 0.05) is 19.0 Å². The molecule has 1 N–H and O–H groups in total. The maximum absolute atomic E-state index is 4.50. The van der Waals surface area contributed by atoms with Crippen LogP contribution in [0.25, 0.3) is 0 Å². The molecule has 1 heterocycles. The molecule has 0 fully saturated rings. The van der Waals surface area contributed by atoms with Gasteiger partial charge in [0.05, 0.1) is 5.84 Å². The van der Waals surface area contributed by atoms with E-state index in [1.165, 1.54) is 24.2 Å². The first-order chi connectivity index (χ1) is 7.36. The topological polar surface area (TPSA) is 24.4 Å². The summed E-state index contributed by atoms with van der Waals surface area (Å²) in [6, 6.07) is 10.9. The molecule has 0 bridgehead atoms. The number of aliphatic imine (C=N–C) groups is 1. The zero-order valence-electron chi connectivity index (χ0n) is 9.24. The van der Waals surface area contributed by atoms with E-state index in [9.17, 15) is 0 Å². The van der Waals surface area contributed by atoms with Crippen molar-refractivity contribution in [3.05, 3.63) is 35.9 Å². The maximum atomic E-state index is 4.50. The van der Waals surface area contributed by atoms with Crippen LogP contribution in [0.1, 0.15) is 37.8 Å². The number of hydrogen-bond acceptors (Lipinski definition) is 2. The number of nitrogens with one attached hydrogen (secondary N) is 1. The van der Waals surface area contributed by atoms with Gasteiger partial charge >= 0.3 is 0 Å². The van der Waals surface area contributed by atoms with E-state index in [0.717, 1.165) is 13.0 Å². The average Bonchev–Trinajstić information content (AvgIpc) is 2.31. The summed E-state index contributed by atoms with van der Waals surface area (Å²) >= 11 is 0. The third kappa shape index (κ3) is 2.82. The molecule has 0 amide bonds. The number of amidine groups is 1. The molecule has 2 nitrogen and oxygen atoms in total. The Bertz CT molecular complexity index is 330. The summed E-state index contributed by atoms with van der Waals surface area (Å²) in [6.07, 6.45) is 3.62. The molecule has 0 saturated carbocycles. The second-order valence-electron chi connectivity index (χ2n) is 4.06. The lowest BCUT2D eigenvalue weighted by Crippen LogP contribution is -2.28. The smallest absolute Gasteiger partial charge is 0.0967 e. The maximum Gasteiger partial charge on any atom is 0.0967 e. The van der Waals surface area contributed by atoms with Crippen LogP contribution >= 0.6 is 0 Å². The van der Waals surface area contributed by atoms with Gasteiger partial charge < -0.3 is 5.32 Å². The summed E-state index contributed by atoms with van der Waals surface area (Å²) in [5.41, 5.74) is 1.32. The molecule has 0 aliphatic carbocycles. The lowest BCUT2D eigenvalue weighted by molar-refractivity contribution is 0.656. The SMILES string of the molecule is CC(NC1=NCCCC1)c1ccccc1. The van der Waals surface area contributed by atoms with E-state index in [2.05, 4.69) is 41.5 Å². The molecule has 0 aromatic heterocycles. The molecule has 15 heavy (non-hydrogen) atoms. The molecule has 0 radical (unpaired) electrons. The third-order valence-electron chi connectivity index (χ3n) is 2.81. The van der Waals surface area contributed by atoms with E-state index < -0.39 is 0 Å². The van der Waals surface area contributed by atoms with Crippen molar-refractivity contribution in [3.63, 3.8) is 0 Å². The fourth-order valence-electron chi connectivity index (χ4n) is 1.89. The number of hydrogen-bond donors (Lipinski definition) is 1. The Hall–Kier alpha value is -1.31. The van der Waals surface area contributed by atoms with E-state index in [1.54, 1.807) is 0 Å². The Morgan fingerprint density at radius 1 is 1.20 bits per heavy atom. The number of rotatable bonds is 2. The lowest BCUT2D eigenvalue weighted by atomic mass is 10.1. The molecule has 2 rings (SSSR count). The third-order valence-corrected chi connectivity index (χ3v) is 2.81. The van der Waals surface area contributed by atoms with Crippen LogP contribution in [0.2, 0.25) is 0 Å². The van der Waals surface area contributed by atoms with Crippen molar-refractivity contribution >= 4 is 5.84 Å². The monoisotopic (exact) mass is 202 g/mol. The largest absolute Gasteiger partial charge is 0.367 e. The molecule has 2 heteroatoms. The Morgan fingerprint density at radius 3 is 2.67 bits per heavy atom. The van der Waals surface area contributed by atoms with Crippen molar-refractivity contribution in [2.24, 2.45) is 4.99 Å². The number of nitrogens with zero attached hydrogens (tertiary/aromatic N) is 1. The van der Waals surface area contributed by atoms with Crippen molar-refractivity contribution in [3.8, 4) is 0 Å². The first kappa shape index (κ1) is 10.2. The predicted molar refractivity (Wildman–Crippen MR) is 64.1 cm³/mol. The molecule has 0 spiro atoms. The van der Waals surface area contributed by atoms with Crippen LogP contribution in [0.5, 0.6) is 0 Å². The van der Waals surface area contributed by atoms with Gasteiger partial charge in [-0.3, -0.25) is 4.99 Å². The Balaban J connectivity index is 1.97. The Kier molecular flexibility index (Phi) is 3.38. The standard InChI is InChI=1S/C13H18N2/c1-11(12-7-3-2-4-8-12)15-13-9-5-6-10-14-13/h2-4,7-8,11H,5-6,9-10H2,1H3,(H,14,15). The summed E-state index contributed by atoms with van der Waals surface area (Å²) in [5, 5.41) is 3.49. The van der Waals surface area contributed by atoms with Crippen LogP contribution in [0.4, 0.5) is 0 Å². The highest BCUT2D eigenvalue weighted by Gasteiger charge is 2.09. The minimum absolute atomic E-state index is 0.364. The van der Waals surface area contributed by atoms with E-state index in [0.29, 0.717) is 6.04 Å². The summed E-state index contributed by atoms with van der Waals surface area (Å²) in [5.74, 6) is 1.18. The second-order valence-corrected chi connectivity index (χ2v) is 4.06. The molecule has 0 saturated heterocycles. The van der Waals surface area contributed by atoms with Gasteiger partial charge in [-0.25, -0.2) is 0 Å². The van der Waals surface area contributed by atoms with Crippen molar-refractivity contribution in [1.82, 2.24) is 5.32 Å². The van der Waals surface area contributed by atoms with Gasteiger partial charge in [-0.1, -0.05) is 30.3 Å². The molecule has 1 aromatic rings. The highest BCUT2D eigenvalue weighted by molar-refractivity contribution is 5.83. The van der Waals surface area contributed by atoms with Gasteiger partial charge in [-0.2, -0.15) is 0 Å². The quantitative estimate of drug-likeness (QED) is 0.783. The average molecular weight is 202 g/mol. The molecular weight excluding hydrogens is 184 g/mol. The first-order valence-electron chi connectivity index (χ1n) is 5.71. The van der Waals surface area contributed by atoms with Crippen molar-refractivity contribution in [1.29, 1.82) is 0 Å².